The number of piperidine rings is 1. The summed E-state index contributed by atoms with van der Waals surface area (Å²) in [5.41, 5.74) is 1.29. The third kappa shape index (κ3) is 6.38. The van der Waals surface area contributed by atoms with Crippen LogP contribution in [0.2, 0.25) is 0 Å². The molecule has 0 radical (unpaired) electrons. The number of benzene rings is 2. The molecule has 1 heterocycles. The standard InChI is InChI=1S/C27H37NO4/c1-2-3-4-20-6-10-24(11-7-20)31-26-12-9-22-17-21(5-8-23(22)18-26)19-28-15-13-25(14-16-28)32-27(29)30/h5,8-9,12,17-18,20,24-25H,2-4,6-7,10-11,13-16,19H2,1H3,(H,29,30). The summed E-state index contributed by atoms with van der Waals surface area (Å²) in [4.78, 5) is 13.1. The fourth-order valence-electron chi connectivity index (χ4n) is 5.25. The van der Waals surface area contributed by atoms with Crippen molar-refractivity contribution in [1.82, 2.24) is 4.90 Å². The monoisotopic (exact) mass is 439 g/mol. The van der Waals surface area contributed by atoms with Gasteiger partial charge in [0, 0.05) is 19.6 Å². The molecule has 32 heavy (non-hydrogen) atoms. The van der Waals surface area contributed by atoms with Crippen LogP contribution in [0.3, 0.4) is 0 Å². The molecule has 174 valence electrons. The van der Waals surface area contributed by atoms with E-state index in [0.29, 0.717) is 6.10 Å². The zero-order valence-corrected chi connectivity index (χ0v) is 19.3. The SMILES string of the molecule is CCCCC1CCC(Oc2ccc3cc(CN4CCC(OC(=O)O)CC4)ccc3c2)CC1. The van der Waals surface area contributed by atoms with E-state index in [-0.39, 0.29) is 6.10 Å². The summed E-state index contributed by atoms with van der Waals surface area (Å²) >= 11 is 0. The maximum atomic E-state index is 10.7. The van der Waals surface area contributed by atoms with E-state index >= 15 is 0 Å². The molecule has 1 aliphatic heterocycles. The molecule has 2 fully saturated rings. The number of ether oxygens (including phenoxy) is 2. The van der Waals surface area contributed by atoms with E-state index in [0.717, 1.165) is 44.1 Å². The van der Waals surface area contributed by atoms with Crippen LogP contribution >= 0.6 is 0 Å². The molecule has 2 aromatic rings. The molecule has 1 saturated carbocycles. The van der Waals surface area contributed by atoms with Crippen LogP contribution in [0.1, 0.15) is 70.3 Å². The van der Waals surface area contributed by atoms with Gasteiger partial charge in [-0.2, -0.15) is 0 Å². The molecular weight excluding hydrogens is 402 g/mol. The van der Waals surface area contributed by atoms with Gasteiger partial charge < -0.3 is 14.6 Å². The second kappa shape index (κ2) is 11.0. The molecule has 5 nitrogen and oxygen atoms in total. The van der Waals surface area contributed by atoms with Gasteiger partial charge in [0.1, 0.15) is 11.9 Å². The van der Waals surface area contributed by atoms with Gasteiger partial charge in [-0.25, -0.2) is 4.79 Å². The highest BCUT2D eigenvalue weighted by molar-refractivity contribution is 5.84. The number of carboxylic acid groups (broad SMARTS) is 1. The van der Waals surface area contributed by atoms with E-state index in [1.54, 1.807) is 0 Å². The van der Waals surface area contributed by atoms with E-state index in [4.69, 9.17) is 14.6 Å². The van der Waals surface area contributed by atoms with Gasteiger partial charge in [0.2, 0.25) is 0 Å². The molecule has 1 saturated heterocycles. The second-order valence-corrected chi connectivity index (χ2v) is 9.61. The van der Waals surface area contributed by atoms with Crippen LogP contribution in [-0.4, -0.2) is 41.5 Å². The summed E-state index contributed by atoms with van der Waals surface area (Å²) in [6.07, 6.45) is 9.58. The smallest absolute Gasteiger partial charge is 0.490 e. The van der Waals surface area contributed by atoms with E-state index in [9.17, 15) is 4.79 Å². The highest BCUT2D eigenvalue weighted by atomic mass is 16.7. The van der Waals surface area contributed by atoms with Crippen molar-refractivity contribution < 1.29 is 19.4 Å². The Kier molecular flexibility index (Phi) is 7.90. The zero-order valence-electron chi connectivity index (χ0n) is 19.3. The van der Waals surface area contributed by atoms with E-state index < -0.39 is 6.16 Å². The van der Waals surface area contributed by atoms with Crippen LogP contribution in [0.15, 0.2) is 36.4 Å². The maximum absolute atomic E-state index is 10.7. The Balaban J connectivity index is 1.29. The minimum atomic E-state index is -1.17. The van der Waals surface area contributed by atoms with Crippen molar-refractivity contribution in [2.75, 3.05) is 13.1 Å². The Bertz CT molecular complexity index is 882. The van der Waals surface area contributed by atoms with Crippen LogP contribution < -0.4 is 4.74 Å². The summed E-state index contributed by atoms with van der Waals surface area (Å²) in [6.45, 7) is 4.89. The first-order valence-corrected chi connectivity index (χ1v) is 12.4. The Labute approximate surface area is 191 Å². The van der Waals surface area contributed by atoms with Gasteiger partial charge in [-0.1, -0.05) is 44.4 Å². The molecule has 2 aliphatic rings. The number of rotatable bonds is 8. The van der Waals surface area contributed by atoms with Crippen molar-refractivity contribution in [3.05, 3.63) is 42.0 Å². The van der Waals surface area contributed by atoms with E-state index in [1.165, 1.54) is 61.3 Å². The number of hydrogen-bond acceptors (Lipinski definition) is 4. The number of likely N-dealkylation sites (tertiary alicyclic amines) is 1. The van der Waals surface area contributed by atoms with Crippen molar-refractivity contribution in [3.8, 4) is 5.75 Å². The molecular formula is C27H37NO4. The zero-order chi connectivity index (χ0) is 22.3. The number of carbonyl (C=O) groups is 1. The van der Waals surface area contributed by atoms with Crippen molar-refractivity contribution in [2.45, 2.75) is 83.5 Å². The Hall–Kier alpha value is -2.27. The Morgan fingerprint density at radius 1 is 0.969 bits per heavy atom. The van der Waals surface area contributed by atoms with Crippen LogP contribution in [-0.2, 0) is 11.3 Å². The summed E-state index contributed by atoms with van der Waals surface area (Å²) < 4.78 is 11.3. The van der Waals surface area contributed by atoms with Gasteiger partial charge in [-0.15, -0.1) is 0 Å². The van der Waals surface area contributed by atoms with Crippen LogP contribution in [0.25, 0.3) is 10.8 Å². The van der Waals surface area contributed by atoms with Gasteiger partial charge in [-0.3, -0.25) is 4.90 Å². The van der Waals surface area contributed by atoms with Crippen molar-refractivity contribution in [1.29, 1.82) is 0 Å². The summed E-state index contributed by atoms with van der Waals surface area (Å²) in [6, 6.07) is 13.1. The van der Waals surface area contributed by atoms with Crippen LogP contribution in [0.5, 0.6) is 5.75 Å². The molecule has 0 bridgehead atoms. The van der Waals surface area contributed by atoms with Gasteiger partial charge in [0.25, 0.3) is 0 Å². The number of nitrogens with zero attached hydrogens (tertiary/aromatic N) is 1. The van der Waals surface area contributed by atoms with Crippen LogP contribution in [0.4, 0.5) is 4.79 Å². The van der Waals surface area contributed by atoms with E-state index in [2.05, 4.69) is 48.2 Å². The quantitative estimate of drug-likeness (QED) is 0.468. The van der Waals surface area contributed by atoms with Gasteiger partial charge in [-0.05, 0) is 79.0 Å². The molecule has 0 atom stereocenters. The highest BCUT2D eigenvalue weighted by Crippen LogP contribution is 2.32. The molecule has 0 amide bonds. The minimum Gasteiger partial charge on any atom is -0.490 e. The minimum absolute atomic E-state index is 0.162. The molecule has 1 N–H and O–H groups in total. The molecule has 1 aliphatic carbocycles. The first-order chi connectivity index (χ1) is 15.6. The average Bonchev–Trinajstić information content (AvgIpc) is 2.80. The maximum Gasteiger partial charge on any atom is 0.506 e. The second-order valence-electron chi connectivity index (χ2n) is 9.61. The first kappa shape index (κ1) is 22.9. The van der Waals surface area contributed by atoms with Gasteiger partial charge in [0.05, 0.1) is 6.10 Å². The van der Waals surface area contributed by atoms with Gasteiger partial charge in [0.15, 0.2) is 0 Å². The number of fused-ring (bicyclic) bond motifs is 1. The third-order valence-corrected chi connectivity index (χ3v) is 7.15. The van der Waals surface area contributed by atoms with Crippen molar-refractivity contribution in [3.63, 3.8) is 0 Å². The summed E-state index contributed by atoms with van der Waals surface area (Å²) in [7, 11) is 0. The molecule has 4 rings (SSSR count). The Morgan fingerprint density at radius 3 is 2.41 bits per heavy atom. The molecule has 0 unspecified atom stereocenters. The number of hydrogen-bond donors (Lipinski definition) is 1. The molecule has 0 aromatic heterocycles. The lowest BCUT2D eigenvalue weighted by Gasteiger charge is -2.31. The number of unbranched alkanes of at least 4 members (excludes halogenated alkanes) is 1. The summed E-state index contributed by atoms with van der Waals surface area (Å²) in [5, 5.41) is 11.2. The Morgan fingerprint density at radius 2 is 1.69 bits per heavy atom. The predicted octanol–water partition coefficient (Wildman–Crippen LogP) is 6.63. The first-order valence-electron chi connectivity index (χ1n) is 12.4. The predicted molar refractivity (Wildman–Crippen MR) is 127 cm³/mol. The lowest BCUT2D eigenvalue weighted by molar-refractivity contribution is 0.0185. The van der Waals surface area contributed by atoms with Crippen LogP contribution in [0, 0.1) is 5.92 Å². The average molecular weight is 440 g/mol. The molecule has 2 aromatic carbocycles. The fourth-order valence-corrected chi connectivity index (χ4v) is 5.25. The third-order valence-electron chi connectivity index (χ3n) is 7.15. The van der Waals surface area contributed by atoms with E-state index in [1.807, 2.05) is 0 Å². The highest BCUT2D eigenvalue weighted by Gasteiger charge is 2.23. The summed E-state index contributed by atoms with van der Waals surface area (Å²) in [5.74, 6) is 1.89. The van der Waals surface area contributed by atoms with Crippen molar-refractivity contribution in [2.24, 2.45) is 5.92 Å². The van der Waals surface area contributed by atoms with Gasteiger partial charge >= 0.3 is 6.16 Å². The normalized spacial score (nSPS) is 22.7. The van der Waals surface area contributed by atoms with Crippen molar-refractivity contribution >= 4 is 16.9 Å². The lowest BCUT2D eigenvalue weighted by Crippen LogP contribution is -2.37. The lowest BCUT2D eigenvalue weighted by atomic mass is 9.84. The topological polar surface area (TPSA) is 59.0 Å². The largest absolute Gasteiger partial charge is 0.506 e. The molecule has 0 spiro atoms. The fraction of sp³-hybridized carbons (Fsp3) is 0.593. The molecule has 5 heteroatoms.